The maximum absolute atomic E-state index is 12.2. The third kappa shape index (κ3) is 6.98. The van der Waals surface area contributed by atoms with Crippen LogP contribution in [0.15, 0.2) is 70.3 Å². The van der Waals surface area contributed by atoms with Gasteiger partial charge < -0.3 is 25.1 Å². The Morgan fingerprint density at radius 2 is 1.97 bits per heavy atom. The first kappa shape index (κ1) is 24.6. The van der Waals surface area contributed by atoms with Crippen molar-refractivity contribution in [1.29, 1.82) is 0 Å². The molecule has 3 N–H and O–H groups in total. The Labute approximate surface area is 211 Å². The zero-order chi connectivity index (χ0) is 22.2. The molecule has 0 fully saturated rings. The minimum Gasteiger partial charge on any atom is -0.493 e. The van der Waals surface area contributed by atoms with Crippen LogP contribution in [-0.4, -0.2) is 31.6 Å². The lowest BCUT2D eigenvalue weighted by Crippen LogP contribution is -2.38. The van der Waals surface area contributed by atoms with Gasteiger partial charge in [-0.2, -0.15) is 0 Å². The molecule has 0 atom stereocenters. The number of halogens is 1. The maximum atomic E-state index is 12.2. The molecule has 0 aliphatic carbocycles. The zero-order valence-corrected chi connectivity index (χ0v) is 20.9. The van der Waals surface area contributed by atoms with Crippen LogP contribution in [0.25, 0.3) is 0 Å². The number of aliphatic imine (C=N–C) groups is 1. The number of carbonyl (C=O) groups excluding carboxylic acids is 1. The lowest BCUT2D eigenvalue weighted by molar-refractivity contribution is 0.0996. The second kappa shape index (κ2) is 12.3. The van der Waals surface area contributed by atoms with E-state index in [1.807, 2.05) is 31.2 Å². The molecule has 2 aromatic carbocycles. The summed E-state index contributed by atoms with van der Waals surface area (Å²) in [6.07, 6.45) is 3.38. The first-order valence-electron chi connectivity index (χ1n) is 10.9. The normalized spacial score (nSPS) is 12.3. The van der Waals surface area contributed by atoms with Crippen LogP contribution in [0.3, 0.4) is 0 Å². The minimum absolute atomic E-state index is 0. The first-order chi connectivity index (χ1) is 15.7. The summed E-state index contributed by atoms with van der Waals surface area (Å²) in [6.45, 7) is 4.88. The maximum Gasteiger partial charge on any atom is 0.291 e. The van der Waals surface area contributed by atoms with Gasteiger partial charge in [0.05, 0.1) is 19.4 Å². The predicted molar refractivity (Wildman–Crippen MR) is 141 cm³/mol. The molecule has 3 aromatic rings. The minimum atomic E-state index is -0.274. The van der Waals surface area contributed by atoms with E-state index in [0.717, 1.165) is 49.8 Å². The highest BCUT2D eigenvalue weighted by Gasteiger charge is 2.12. The summed E-state index contributed by atoms with van der Waals surface area (Å²) in [6, 6.07) is 17.4. The van der Waals surface area contributed by atoms with Crippen molar-refractivity contribution in [3.05, 3.63) is 83.3 Å². The van der Waals surface area contributed by atoms with Crippen molar-refractivity contribution in [1.82, 2.24) is 10.6 Å². The number of amides is 1. The van der Waals surface area contributed by atoms with Crippen LogP contribution in [0.4, 0.5) is 5.69 Å². The van der Waals surface area contributed by atoms with E-state index in [9.17, 15) is 4.79 Å². The number of guanidine groups is 1. The molecule has 0 spiro atoms. The molecule has 0 radical (unpaired) electrons. The van der Waals surface area contributed by atoms with Crippen molar-refractivity contribution in [2.75, 3.05) is 25.0 Å². The Morgan fingerprint density at radius 3 is 2.79 bits per heavy atom. The summed E-state index contributed by atoms with van der Waals surface area (Å²) in [5, 5.41) is 9.53. The van der Waals surface area contributed by atoms with E-state index in [1.165, 1.54) is 17.4 Å². The number of ether oxygens (including phenoxy) is 1. The van der Waals surface area contributed by atoms with Crippen LogP contribution in [0.2, 0.25) is 0 Å². The molecular weight excluding hydrogens is 531 g/mol. The molecule has 1 aliphatic rings. The summed E-state index contributed by atoms with van der Waals surface area (Å²) < 4.78 is 10.7. The van der Waals surface area contributed by atoms with Crippen molar-refractivity contribution < 1.29 is 13.9 Å². The fourth-order valence-electron chi connectivity index (χ4n) is 3.58. The Morgan fingerprint density at radius 1 is 1.06 bits per heavy atom. The van der Waals surface area contributed by atoms with Gasteiger partial charge in [-0.1, -0.05) is 24.3 Å². The van der Waals surface area contributed by atoms with Gasteiger partial charge >= 0.3 is 0 Å². The van der Waals surface area contributed by atoms with E-state index in [4.69, 9.17) is 9.15 Å². The van der Waals surface area contributed by atoms with Gasteiger partial charge in [0.25, 0.3) is 5.91 Å². The number of furan rings is 1. The number of hydrogen-bond acceptors (Lipinski definition) is 4. The molecule has 0 saturated carbocycles. The summed E-state index contributed by atoms with van der Waals surface area (Å²) in [5.41, 5.74) is 4.29. The number of fused-ring (bicyclic) bond motifs is 1. The van der Waals surface area contributed by atoms with Crippen LogP contribution in [0.1, 0.15) is 34.2 Å². The number of benzene rings is 2. The molecule has 1 aromatic heterocycles. The van der Waals surface area contributed by atoms with E-state index in [0.29, 0.717) is 12.2 Å². The van der Waals surface area contributed by atoms with Gasteiger partial charge in [-0.25, -0.2) is 4.99 Å². The van der Waals surface area contributed by atoms with Gasteiger partial charge in [-0.05, 0) is 60.4 Å². The van der Waals surface area contributed by atoms with Gasteiger partial charge in [0.2, 0.25) is 0 Å². The Hall–Kier alpha value is -3.01. The molecule has 174 valence electrons. The van der Waals surface area contributed by atoms with E-state index in [-0.39, 0.29) is 35.6 Å². The number of rotatable bonds is 8. The average molecular weight is 560 g/mol. The number of anilines is 1. The van der Waals surface area contributed by atoms with Gasteiger partial charge in [-0.3, -0.25) is 4.79 Å². The summed E-state index contributed by atoms with van der Waals surface area (Å²) >= 11 is 0. The lowest BCUT2D eigenvalue weighted by Gasteiger charge is -2.12. The molecule has 0 saturated heterocycles. The Bertz CT molecular complexity index is 1080. The Kier molecular flexibility index (Phi) is 9.17. The van der Waals surface area contributed by atoms with E-state index < -0.39 is 0 Å². The summed E-state index contributed by atoms with van der Waals surface area (Å²) in [4.78, 5) is 16.9. The Balaban J connectivity index is 0.00000306. The topological polar surface area (TPSA) is 87.9 Å². The fourth-order valence-corrected chi connectivity index (χ4v) is 3.58. The van der Waals surface area contributed by atoms with Gasteiger partial charge in [0, 0.05) is 25.2 Å². The number of carbonyl (C=O) groups is 1. The largest absolute Gasteiger partial charge is 0.493 e. The molecule has 2 heterocycles. The van der Waals surface area contributed by atoms with Crippen LogP contribution >= 0.6 is 24.0 Å². The molecule has 8 heteroatoms. The van der Waals surface area contributed by atoms with E-state index in [1.54, 1.807) is 12.1 Å². The summed E-state index contributed by atoms with van der Waals surface area (Å²) in [7, 11) is 0. The van der Waals surface area contributed by atoms with Crippen molar-refractivity contribution in [2.45, 2.75) is 26.3 Å². The predicted octanol–water partition coefficient (Wildman–Crippen LogP) is 4.38. The molecule has 1 amide bonds. The van der Waals surface area contributed by atoms with Crippen LogP contribution < -0.4 is 20.7 Å². The molecule has 4 rings (SSSR count). The monoisotopic (exact) mass is 560 g/mol. The van der Waals surface area contributed by atoms with Crippen molar-refractivity contribution >= 4 is 41.5 Å². The standard InChI is InChI=1S/C25H28N4O3.HI/c1-2-26-25(27-12-10-18-8-9-22-20(15-18)11-14-32-22)28-17-19-5-3-6-21(16-19)29-24(30)23-7-4-13-31-23;/h3-9,13,15-16H,2,10-12,14,17H2,1H3,(H,29,30)(H2,26,27,28);1H. The van der Waals surface area contributed by atoms with E-state index in [2.05, 4.69) is 39.1 Å². The van der Waals surface area contributed by atoms with Crippen molar-refractivity contribution in [3.63, 3.8) is 0 Å². The highest BCUT2D eigenvalue weighted by atomic mass is 127. The molecule has 0 unspecified atom stereocenters. The zero-order valence-electron chi connectivity index (χ0n) is 18.6. The van der Waals surface area contributed by atoms with Gasteiger partial charge in [-0.15, -0.1) is 24.0 Å². The second-order valence-electron chi connectivity index (χ2n) is 7.54. The van der Waals surface area contributed by atoms with Crippen molar-refractivity contribution in [2.24, 2.45) is 4.99 Å². The number of hydrogen-bond donors (Lipinski definition) is 3. The fraction of sp³-hybridized carbons (Fsp3) is 0.280. The lowest BCUT2D eigenvalue weighted by atomic mass is 10.1. The third-order valence-electron chi connectivity index (χ3n) is 5.15. The van der Waals surface area contributed by atoms with E-state index >= 15 is 0 Å². The van der Waals surface area contributed by atoms with Gasteiger partial charge in [0.1, 0.15) is 5.75 Å². The highest BCUT2D eigenvalue weighted by molar-refractivity contribution is 14.0. The third-order valence-corrected chi connectivity index (χ3v) is 5.15. The van der Waals surface area contributed by atoms with Gasteiger partial charge in [0.15, 0.2) is 11.7 Å². The SMILES string of the molecule is CCNC(=NCc1cccc(NC(=O)c2ccco2)c1)NCCc1ccc2c(c1)CCO2.I. The molecule has 0 bridgehead atoms. The number of nitrogens with zero attached hydrogens (tertiary/aromatic N) is 1. The van der Waals surface area contributed by atoms with Crippen LogP contribution in [-0.2, 0) is 19.4 Å². The smallest absolute Gasteiger partial charge is 0.291 e. The molecular formula is C25H29IN4O3. The van der Waals surface area contributed by atoms with Crippen LogP contribution in [0, 0.1) is 0 Å². The first-order valence-corrected chi connectivity index (χ1v) is 10.9. The number of nitrogens with one attached hydrogen (secondary N) is 3. The highest BCUT2D eigenvalue weighted by Crippen LogP contribution is 2.25. The van der Waals surface area contributed by atoms with Crippen molar-refractivity contribution in [3.8, 4) is 5.75 Å². The molecule has 33 heavy (non-hydrogen) atoms. The average Bonchev–Trinajstić information content (AvgIpc) is 3.49. The molecule has 1 aliphatic heterocycles. The van der Waals surface area contributed by atoms with Crippen LogP contribution in [0.5, 0.6) is 5.75 Å². The quantitative estimate of drug-likeness (QED) is 0.216. The molecule has 7 nitrogen and oxygen atoms in total. The second-order valence-corrected chi connectivity index (χ2v) is 7.54. The summed E-state index contributed by atoms with van der Waals surface area (Å²) in [5.74, 6) is 1.79.